The molecule has 0 bridgehead atoms. The van der Waals surface area contributed by atoms with Crippen LogP contribution in [-0.2, 0) is 16.1 Å². The van der Waals surface area contributed by atoms with Crippen molar-refractivity contribution in [1.82, 2.24) is 4.57 Å². The van der Waals surface area contributed by atoms with Gasteiger partial charge in [0.1, 0.15) is 6.54 Å². The SMILES string of the molecule is COC(=O)c1ccc2c(C3CCCCC3)c(-c3ccc(Cl)cc3)n(CC(=O)O)c2c1. The summed E-state index contributed by atoms with van der Waals surface area (Å²) in [5, 5.41) is 11.3. The fraction of sp³-hybridized carbons (Fsp3) is 0.333. The smallest absolute Gasteiger partial charge is 0.337 e. The fourth-order valence-corrected chi connectivity index (χ4v) is 4.77. The molecule has 0 aliphatic heterocycles. The highest BCUT2D eigenvalue weighted by atomic mass is 35.5. The molecule has 5 nitrogen and oxygen atoms in total. The predicted molar refractivity (Wildman–Crippen MR) is 117 cm³/mol. The highest BCUT2D eigenvalue weighted by molar-refractivity contribution is 6.30. The van der Waals surface area contributed by atoms with Gasteiger partial charge >= 0.3 is 11.9 Å². The van der Waals surface area contributed by atoms with E-state index in [-0.39, 0.29) is 6.54 Å². The number of carbonyl (C=O) groups excluding carboxylic acids is 1. The first kappa shape index (κ1) is 20.5. The Kier molecular flexibility index (Phi) is 5.82. The Hall–Kier alpha value is -2.79. The van der Waals surface area contributed by atoms with Crippen molar-refractivity contribution in [2.75, 3.05) is 7.11 Å². The van der Waals surface area contributed by atoms with Crippen LogP contribution < -0.4 is 0 Å². The van der Waals surface area contributed by atoms with Crippen molar-refractivity contribution < 1.29 is 19.4 Å². The first-order chi connectivity index (χ1) is 14.5. The molecule has 3 aromatic rings. The number of nitrogens with zero attached hydrogens (tertiary/aromatic N) is 1. The molecule has 1 heterocycles. The van der Waals surface area contributed by atoms with E-state index in [0.29, 0.717) is 16.5 Å². The van der Waals surface area contributed by atoms with Crippen LogP contribution in [0.25, 0.3) is 22.2 Å². The van der Waals surface area contributed by atoms with Crippen LogP contribution in [0.3, 0.4) is 0 Å². The zero-order valence-corrected chi connectivity index (χ0v) is 17.6. The Balaban J connectivity index is 2.03. The van der Waals surface area contributed by atoms with Crippen LogP contribution in [-0.4, -0.2) is 28.7 Å². The number of carboxylic acids is 1. The second-order valence-electron chi connectivity index (χ2n) is 7.81. The van der Waals surface area contributed by atoms with E-state index in [0.717, 1.165) is 47.8 Å². The average molecular weight is 426 g/mol. The molecule has 0 amide bonds. The second-order valence-corrected chi connectivity index (χ2v) is 8.24. The zero-order valence-electron chi connectivity index (χ0n) is 16.9. The average Bonchev–Trinajstić information content (AvgIpc) is 3.07. The number of aliphatic carboxylic acids is 1. The highest BCUT2D eigenvalue weighted by Crippen LogP contribution is 2.44. The maximum Gasteiger partial charge on any atom is 0.337 e. The Morgan fingerprint density at radius 2 is 1.80 bits per heavy atom. The summed E-state index contributed by atoms with van der Waals surface area (Å²) >= 11 is 6.11. The Labute approximate surface area is 180 Å². The Morgan fingerprint density at radius 3 is 2.43 bits per heavy atom. The molecule has 6 heteroatoms. The first-order valence-electron chi connectivity index (χ1n) is 10.2. The molecule has 1 aromatic heterocycles. The van der Waals surface area contributed by atoms with Crippen LogP contribution in [0.15, 0.2) is 42.5 Å². The van der Waals surface area contributed by atoms with E-state index < -0.39 is 11.9 Å². The van der Waals surface area contributed by atoms with E-state index in [2.05, 4.69) is 0 Å². The maximum atomic E-state index is 12.1. The molecule has 0 atom stereocenters. The van der Waals surface area contributed by atoms with Crippen molar-refractivity contribution in [2.45, 2.75) is 44.6 Å². The lowest BCUT2D eigenvalue weighted by molar-refractivity contribution is -0.137. The van der Waals surface area contributed by atoms with Gasteiger partial charge < -0.3 is 14.4 Å². The van der Waals surface area contributed by atoms with Gasteiger partial charge in [-0.25, -0.2) is 4.79 Å². The number of ether oxygens (including phenoxy) is 1. The van der Waals surface area contributed by atoms with Gasteiger partial charge in [0.05, 0.1) is 23.9 Å². The molecular weight excluding hydrogens is 402 g/mol. The Morgan fingerprint density at radius 1 is 1.10 bits per heavy atom. The molecule has 156 valence electrons. The molecule has 4 rings (SSSR count). The quantitative estimate of drug-likeness (QED) is 0.518. The fourth-order valence-electron chi connectivity index (χ4n) is 4.64. The molecular formula is C24H24ClNO4. The van der Waals surface area contributed by atoms with E-state index in [1.807, 2.05) is 34.9 Å². The van der Waals surface area contributed by atoms with Gasteiger partial charge in [0.2, 0.25) is 0 Å². The van der Waals surface area contributed by atoms with Crippen molar-refractivity contribution in [3.63, 3.8) is 0 Å². The minimum absolute atomic E-state index is 0.189. The summed E-state index contributed by atoms with van der Waals surface area (Å²) in [6.45, 7) is -0.189. The van der Waals surface area contributed by atoms with E-state index in [9.17, 15) is 14.7 Å². The molecule has 0 radical (unpaired) electrons. The van der Waals surface area contributed by atoms with Gasteiger partial charge in [0, 0.05) is 10.4 Å². The van der Waals surface area contributed by atoms with Gasteiger partial charge in [-0.15, -0.1) is 0 Å². The molecule has 1 aliphatic carbocycles. The number of fused-ring (bicyclic) bond motifs is 1. The first-order valence-corrected chi connectivity index (χ1v) is 10.6. The lowest BCUT2D eigenvalue weighted by Crippen LogP contribution is -2.12. The number of hydrogen-bond donors (Lipinski definition) is 1. The predicted octanol–water partition coefficient (Wildman–Crippen LogP) is 5.88. The normalized spacial score (nSPS) is 14.7. The van der Waals surface area contributed by atoms with Crippen molar-refractivity contribution >= 4 is 34.4 Å². The zero-order chi connectivity index (χ0) is 21.3. The van der Waals surface area contributed by atoms with E-state index in [1.165, 1.54) is 19.1 Å². The number of hydrogen-bond acceptors (Lipinski definition) is 3. The number of methoxy groups -OCH3 is 1. The largest absolute Gasteiger partial charge is 0.480 e. The van der Waals surface area contributed by atoms with E-state index in [1.54, 1.807) is 12.1 Å². The topological polar surface area (TPSA) is 68.5 Å². The van der Waals surface area contributed by atoms with Crippen LogP contribution in [0.4, 0.5) is 0 Å². The molecule has 1 fully saturated rings. The number of carbonyl (C=O) groups is 2. The van der Waals surface area contributed by atoms with E-state index in [4.69, 9.17) is 16.3 Å². The third-order valence-corrected chi connectivity index (χ3v) is 6.20. The summed E-state index contributed by atoms with van der Waals surface area (Å²) in [6.07, 6.45) is 5.71. The van der Waals surface area contributed by atoms with Crippen molar-refractivity contribution in [3.05, 3.63) is 58.6 Å². The number of benzene rings is 2. The lowest BCUT2D eigenvalue weighted by Gasteiger charge is -2.23. The van der Waals surface area contributed by atoms with Gasteiger partial charge in [-0.05, 0) is 54.2 Å². The van der Waals surface area contributed by atoms with Gasteiger partial charge in [-0.2, -0.15) is 0 Å². The lowest BCUT2D eigenvalue weighted by atomic mass is 9.82. The van der Waals surface area contributed by atoms with Gasteiger partial charge in [0.15, 0.2) is 0 Å². The monoisotopic (exact) mass is 425 g/mol. The molecule has 0 spiro atoms. The summed E-state index contributed by atoms with van der Waals surface area (Å²) in [5.41, 5.74) is 4.15. The van der Waals surface area contributed by atoms with E-state index >= 15 is 0 Å². The number of esters is 1. The van der Waals surface area contributed by atoms with Gasteiger partial charge in [-0.1, -0.05) is 49.1 Å². The summed E-state index contributed by atoms with van der Waals surface area (Å²) in [6, 6.07) is 13.0. The minimum Gasteiger partial charge on any atom is -0.480 e. The summed E-state index contributed by atoms with van der Waals surface area (Å²) in [7, 11) is 1.34. The third kappa shape index (κ3) is 3.82. The summed E-state index contributed by atoms with van der Waals surface area (Å²) < 4.78 is 6.69. The van der Waals surface area contributed by atoms with Gasteiger partial charge in [0.25, 0.3) is 0 Å². The van der Waals surface area contributed by atoms with Crippen LogP contribution in [0.1, 0.15) is 53.9 Å². The second kappa shape index (κ2) is 8.52. The number of aromatic nitrogens is 1. The minimum atomic E-state index is -0.930. The number of halogens is 1. The molecule has 2 aromatic carbocycles. The Bertz CT molecular complexity index is 1090. The summed E-state index contributed by atoms with van der Waals surface area (Å²) in [4.78, 5) is 23.9. The van der Waals surface area contributed by atoms with Crippen LogP contribution in [0, 0.1) is 0 Å². The van der Waals surface area contributed by atoms with Crippen LogP contribution in [0.2, 0.25) is 5.02 Å². The summed E-state index contributed by atoms with van der Waals surface area (Å²) in [5.74, 6) is -1.01. The maximum absolute atomic E-state index is 12.1. The molecule has 0 unspecified atom stereocenters. The van der Waals surface area contributed by atoms with Crippen LogP contribution in [0.5, 0.6) is 0 Å². The van der Waals surface area contributed by atoms with Crippen molar-refractivity contribution in [1.29, 1.82) is 0 Å². The highest BCUT2D eigenvalue weighted by Gasteiger charge is 2.27. The number of rotatable bonds is 5. The third-order valence-electron chi connectivity index (χ3n) is 5.95. The molecule has 0 saturated heterocycles. The van der Waals surface area contributed by atoms with Gasteiger partial charge in [-0.3, -0.25) is 4.79 Å². The molecule has 1 N–H and O–H groups in total. The van der Waals surface area contributed by atoms with Crippen molar-refractivity contribution in [2.24, 2.45) is 0 Å². The molecule has 30 heavy (non-hydrogen) atoms. The molecule has 1 saturated carbocycles. The number of carboxylic acid groups (broad SMARTS) is 1. The standard InChI is InChI=1S/C24H24ClNO4/c1-30-24(29)17-9-12-19-20(13-17)26(14-21(27)28)23(16-7-10-18(25)11-8-16)22(19)15-5-3-2-4-6-15/h7-13,15H,2-6,14H2,1H3,(H,27,28). The van der Waals surface area contributed by atoms with Crippen molar-refractivity contribution in [3.8, 4) is 11.3 Å². The molecule has 1 aliphatic rings. The van der Waals surface area contributed by atoms with Crippen LogP contribution >= 0.6 is 11.6 Å².